The van der Waals surface area contributed by atoms with E-state index < -0.39 is 14.2 Å². The second-order valence-corrected chi connectivity index (χ2v) is 10.1. The Bertz CT molecular complexity index is 468. The number of amides is 1. The van der Waals surface area contributed by atoms with Gasteiger partial charge in [-0.25, -0.2) is 0 Å². The molecule has 2 aliphatic rings. The van der Waals surface area contributed by atoms with Crippen molar-refractivity contribution in [3.05, 3.63) is 29.0 Å². The van der Waals surface area contributed by atoms with E-state index in [9.17, 15) is 4.79 Å². The van der Waals surface area contributed by atoms with Crippen LogP contribution in [0.1, 0.15) is 46.0 Å². The standard InChI is InChI=1S/C17H29NOSi.2ClH.Ti/c1-5-13-10-9-12(2)15(13)17(16(18)19)11-7-6-8-14(17)20(3)4;;;/h9-10,12,14,20H,5-8,11H2,1-4H3,(H2,18,19);2*1H;/q;;;+3/p-3. The molecule has 1 amide bonds. The van der Waals surface area contributed by atoms with Crippen molar-refractivity contribution < 1.29 is 51.3 Å². The summed E-state index contributed by atoms with van der Waals surface area (Å²) in [6.45, 7) is 9.08. The molecule has 0 spiro atoms. The van der Waals surface area contributed by atoms with Gasteiger partial charge in [0.1, 0.15) is 0 Å². The number of hydrogen-bond donors (Lipinski definition) is 0. The molecule has 2 rings (SSSR count). The molecule has 3 unspecified atom stereocenters. The van der Waals surface area contributed by atoms with Gasteiger partial charge in [-0.15, -0.1) is 0 Å². The van der Waals surface area contributed by atoms with E-state index in [1.165, 1.54) is 17.6 Å². The van der Waals surface area contributed by atoms with E-state index in [1.54, 1.807) is 0 Å². The summed E-state index contributed by atoms with van der Waals surface area (Å²) in [5.41, 5.74) is 10.8. The normalized spacial score (nSPS) is 29.6. The topological polar surface area (TPSA) is 40.9 Å². The van der Waals surface area contributed by atoms with Gasteiger partial charge in [-0.1, -0.05) is 58.4 Å². The number of hydrogen-bond acceptors (Lipinski definition) is 1. The molecule has 2 aliphatic carbocycles. The fourth-order valence-electron chi connectivity index (χ4n) is 4.58. The molecule has 2 nitrogen and oxygen atoms in total. The van der Waals surface area contributed by atoms with Gasteiger partial charge in [0, 0.05) is 14.2 Å². The minimum atomic E-state index is -0.958. The van der Waals surface area contributed by atoms with Crippen LogP contribution in [0.5, 0.6) is 0 Å². The predicted molar refractivity (Wildman–Crippen MR) is 88.5 cm³/mol. The van der Waals surface area contributed by atoms with Gasteiger partial charge >= 0.3 is 21.7 Å². The molecule has 0 heterocycles. The first-order valence-corrected chi connectivity index (χ1v) is 11.1. The van der Waals surface area contributed by atoms with Gasteiger partial charge < -0.3 is 35.3 Å². The Morgan fingerprint density at radius 2 is 1.96 bits per heavy atom. The van der Waals surface area contributed by atoms with E-state index in [-0.39, 0.29) is 52.4 Å². The quantitative estimate of drug-likeness (QED) is 0.544. The average molecular weight is 409 g/mol. The molecule has 0 saturated heterocycles. The fourth-order valence-corrected chi connectivity index (χ4v) is 7.12. The van der Waals surface area contributed by atoms with Gasteiger partial charge in [0.25, 0.3) is 0 Å². The monoisotopic (exact) mass is 408 g/mol. The molecule has 3 atom stereocenters. The summed E-state index contributed by atoms with van der Waals surface area (Å²) in [6, 6.07) is 0. The van der Waals surface area contributed by atoms with Crippen LogP contribution in [-0.4, -0.2) is 14.7 Å². The van der Waals surface area contributed by atoms with Crippen LogP contribution in [0, 0.1) is 11.3 Å². The molecule has 0 aromatic heterocycles. The molecular formula is C17H28Cl2NOSiTi. The van der Waals surface area contributed by atoms with Crippen LogP contribution in [0.4, 0.5) is 0 Å². The Labute approximate surface area is 170 Å². The second kappa shape index (κ2) is 10.5. The van der Waals surface area contributed by atoms with Crippen LogP contribution in [0.25, 0.3) is 5.73 Å². The third-order valence-corrected chi connectivity index (χ3v) is 7.94. The van der Waals surface area contributed by atoms with E-state index in [1.807, 2.05) is 0 Å². The Kier molecular flexibility index (Phi) is 11.7. The van der Waals surface area contributed by atoms with E-state index in [0.29, 0.717) is 11.5 Å². The minimum Gasteiger partial charge on any atom is -1.00 e. The molecule has 1 N–H and O–H groups in total. The van der Waals surface area contributed by atoms with Crippen molar-refractivity contribution in [2.45, 2.75) is 64.6 Å². The van der Waals surface area contributed by atoms with Crippen molar-refractivity contribution in [3.63, 3.8) is 0 Å². The molecule has 1 saturated carbocycles. The van der Waals surface area contributed by atoms with Crippen molar-refractivity contribution in [2.75, 3.05) is 0 Å². The first kappa shape index (κ1) is 25.7. The first-order valence-electron chi connectivity index (χ1n) is 8.12. The molecule has 1 fully saturated rings. The van der Waals surface area contributed by atoms with Gasteiger partial charge in [0.15, 0.2) is 0 Å². The van der Waals surface area contributed by atoms with Crippen LogP contribution in [0.15, 0.2) is 23.3 Å². The Hall–Kier alpha value is 0.461. The van der Waals surface area contributed by atoms with Gasteiger partial charge in [0.2, 0.25) is 0 Å². The molecule has 0 bridgehead atoms. The summed E-state index contributed by atoms with van der Waals surface area (Å²) < 4.78 is 0. The van der Waals surface area contributed by atoms with Crippen LogP contribution in [0.3, 0.4) is 0 Å². The third-order valence-electron chi connectivity index (χ3n) is 5.43. The number of carbonyl (C=O) groups is 1. The van der Waals surface area contributed by atoms with Crippen LogP contribution >= 0.6 is 0 Å². The maximum atomic E-state index is 12.5. The second-order valence-electron chi connectivity index (χ2n) is 6.84. The summed E-state index contributed by atoms with van der Waals surface area (Å²) >= 11 is 0. The predicted octanol–water partition coefficient (Wildman–Crippen LogP) is -1.10. The molecule has 0 aliphatic heterocycles. The number of carbonyl (C=O) groups excluding carboxylic acids is 1. The molecule has 23 heavy (non-hydrogen) atoms. The van der Waals surface area contributed by atoms with Crippen LogP contribution in [-0.2, 0) is 26.5 Å². The molecule has 0 aromatic carbocycles. The number of halogens is 2. The maximum absolute atomic E-state index is 12.5. The Morgan fingerprint density at radius 1 is 1.35 bits per heavy atom. The Morgan fingerprint density at radius 3 is 2.43 bits per heavy atom. The SMILES string of the molecule is CCC1=C(C2(C([NH-])=O)CCCCC2[SiH](C)C)C(C)C=C1.[Cl-].[Cl-].[Ti+3]. The van der Waals surface area contributed by atoms with E-state index >= 15 is 0 Å². The van der Waals surface area contributed by atoms with Gasteiger partial charge in [0.05, 0.1) is 5.91 Å². The number of rotatable bonds is 4. The summed E-state index contributed by atoms with van der Waals surface area (Å²) in [7, 11) is -0.958. The van der Waals surface area contributed by atoms with Crippen molar-refractivity contribution >= 4 is 14.7 Å². The smallest absolute Gasteiger partial charge is 1.00 e. The minimum absolute atomic E-state index is 0. The van der Waals surface area contributed by atoms with Gasteiger partial charge in [-0.05, 0) is 35.4 Å². The molecule has 6 heteroatoms. The van der Waals surface area contributed by atoms with E-state index in [0.717, 1.165) is 25.7 Å². The number of allylic oxidation sites excluding steroid dienone is 3. The van der Waals surface area contributed by atoms with E-state index in [2.05, 4.69) is 39.1 Å². The van der Waals surface area contributed by atoms with Gasteiger partial charge in [-0.2, -0.15) is 0 Å². The van der Waals surface area contributed by atoms with Crippen molar-refractivity contribution in [1.82, 2.24) is 0 Å². The molecule has 129 valence electrons. The van der Waals surface area contributed by atoms with Crippen molar-refractivity contribution in [2.24, 2.45) is 11.3 Å². The number of nitrogens with one attached hydrogen (secondary N) is 1. The summed E-state index contributed by atoms with van der Waals surface area (Å²) in [4.78, 5) is 12.5. The zero-order chi connectivity index (χ0) is 14.9. The van der Waals surface area contributed by atoms with Crippen LogP contribution < -0.4 is 24.8 Å². The van der Waals surface area contributed by atoms with Crippen LogP contribution in [0.2, 0.25) is 18.6 Å². The van der Waals surface area contributed by atoms with Crippen molar-refractivity contribution in [3.8, 4) is 0 Å². The zero-order valence-corrected chi connectivity index (χ0v) is 18.8. The zero-order valence-electron chi connectivity index (χ0n) is 14.6. The van der Waals surface area contributed by atoms with Gasteiger partial charge in [-0.3, -0.25) is 0 Å². The molecule has 1 radical (unpaired) electrons. The Balaban J connectivity index is 0. The summed E-state index contributed by atoms with van der Waals surface area (Å²) in [5.74, 6) is 0.0347. The fraction of sp³-hybridized carbons (Fsp3) is 0.706. The summed E-state index contributed by atoms with van der Waals surface area (Å²) in [5, 5.41) is 0. The molecule has 0 aromatic rings. The molecular weight excluding hydrogens is 381 g/mol. The van der Waals surface area contributed by atoms with Crippen molar-refractivity contribution in [1.29, 1.82) is 0 Å². The average Bonchev–Trinajstić information content (AvgIpc) is 2.79. The summed E-state index contributed by atoms with van der Waals surface area (Å²) in [6.07, 6.45) is 9.83. The third kappa shape index (κ3) is 4.55. The van der Waals surface area contributed by atoms with E-state index in [4.69, 9.17) is 5.73 Å². The maximum Gasteiger partial charge on any atom is 3.00 e. The first-order chi connectivity index (χ1) is 9.45. The largest absolute Gasteiger partial charge is 3.00 e.